The van der Waals surface area contributed by atoms with Gasteiger partial charge in [-0.05, 0) is 30.7 Å². The molecule has 0 unspecified atom stereocenters. The van der Waals surface area contributed by atoms with Gasteiger partial charge in [-0.3, -0.25) is 4.79 Å². The first-order chi connectivity index (χ1) is 13.5. The van der Waals surface area contributed by atoms with Crippen molar-refractivity contribution >= 4 is 23.2 Å². The van der Waals surface area contributed by atoms with E-state index in [4.69, 9.17) is 24.1 Å². The van der Waals surface area contributed by atoms with Crippen LogP contribution in [0.2, 0.25) is 0 Å². The number of carboxylic acids is 1. The summed E-state index contributed by atoms with van der Waals surface area (Å²) in [5, 5.41) is 9.01. The van der Waals surface area contributed by atoms with Gasteiger partial charge in [0.25, 0.3) is 5.91 Å². The summed E-state index contributed by atoms with van der Waals surface area (Å²) in [5.74, 6) is 0.352. The Morgan fingerprint density at radius 1 is 1.21 bits per heavy atom. The van der Waals surface area contributed by atoms with Gasteiger partial charge in [-0.15, -0.1) is 11.3 Å². The Balaban J connectivity index is 1.72. The standard InChI is InChI=1S/C19H19NO7S/c1-11-16(25-9-15(21)22)18(19(23)20-4-6-24-7-5-20)28-17(11)12-2-3-13-14(8-12)27-10-26-13/h2-3,8H,4-7,9-10H2,1H3,(H,21,22). The molecule has 2 aliphatic heterocycles. The normalized spacial score (nSPS) is 15.5. The molecule has 0 spiro atoms. The lowest BCUT2D eigenvalue weighted by Crippen LogP contribution is -2.40. The number of fused-ring (bicyclic) bond motifs is 1. The molecule has 28 heavy (non-hydrogen) atoms. The highest BCUT2D eigenvalue weighted by atomic mass is 32.1. The van der Waals surface area contributed by atoms with E-state index in [1.165, 1.54) is 11.3 Å². The number of carbonyl (C=O) groups excluding carboxylic acids is 1. The van der Waals surface area contributed by atoms with Gasteiger partial charge < -0.3 is 29.0 Å². The van der Waals surface area contributed by atoms with Crippen LogP contribution in [0.25, 0.3) is 10.4 Å². The maximum atomic E-state index is 13.1. The third-order valence-electron chi connectivity index (χ3n) is 4.56. The predicted octanol–water partition coefficient (Wildman–Crippen LogP) is 2.39. The first-order valence-corrected chi connectivity index (χ1v) is 9.61. The Bertz CT molecular complexity index is 917. The summed E-state index contributed by atoms with van der Waals surface area (Å²) in [7, 11) is 0. The van der Waals surface area contributed by atoms with Gasteiger partial charge in [-0.2, -0.15) is 0 Å². The van der Waals surface area contributed by atoms with Gasteiger partial charge in [-0.1, -0.05) is 0 Å². The first kappa shape index (κ1) is 18.6. The summed E-state index contributed by atoms with van der Waals surface area (Å²) in [4.78, 5) is 27.0. The third kappa shape index (κ3) is 3.50. The van der Waals surface area contributed by atoms with Crippen LogP contribution in [-0.2, 0) is 9.53 Å². The van der Waals surface area contributed by atoms with Crippen molar-refractivity contribution < 1.29 is 33.6 Å². The maximum absolute atomic E-state index is 13.1. The summed E-state index contributed by atoms with van der Waals surface area (Å²) < 4.78 is 21.6. The second-order valence-electron chi connectivity index (χ2n) is 6.37. The average Bonchev–Trinajstić information content (AvgIpc) is 3.30. The second kappa shape index (κ2) is 7.69. The lowest BCUT2D eigenvalue weighted by Gasteiger charge is -2.26. The van der Waals surface area contributed by atoms with Crippen LogP contribution >= 0.6 is 11.3 Å². The van der Waals surface area contributed by atoms with Crippen molar-refractivity contribution in [1.29, 1.82) is 0 Å². The number of hydrogen-bond acceptors (Lipinski definition) is 7. The Morgan fingerprint density at radius 3 is 2.71 bits per heavy atom. The van der Waals surface area contributed by atoms with Gasteiger partial charge in [0.15, 0.2) is 18.1 Å². The number of aliphatic carboxylic acids is 1. The van der Waals surface area contributed by atoms with Crippen molar-refractivity contribution in [2.75, 3.05) is 39.7 Å². The SMILES string of the molecule is Cc1c(-c2ccc3c(c2)OCO3)sc(C(=O)N2CCOCC2)c1OCC(=O)O. The molecule has 1 aromatic heterocycles. The van der Waals surface area contributed by atoms with Gasteiger partial charge in [0.1, 0.15) is 10.6 Å². The van der Waals surface area contributed by atoms with E-state index in [0.717, 1.165) is 16.0 Å². The molecule has 1 aromatic carbocycles. The van der Waals surface area contributed by atoms with Crippen LogP contribution in [-0.4, -0.2) is 61.6 Å². The van der Waals surface area contributed by atoms with Crippen LogP contribution < -0.4 is 14.2 Å². The van der Waals surface area contributed by atoms with Gasteiger partial charge in [-0.25, -0.2) is 4.79 Å². The van der Waals surface area contributed by atoms with Gasteiger partial charge in [0.2, 0.25) is 6.79 Å². The summed E-state index contributed by atoms with van der Waals surface area (Å²) >= 11 is 1.29. The zero-order chi connectivity index (χ0) is 19.7. The zero-order valence-corrected chi connectivity index (χ0v) is 16.0. The molecule has 0 saturated carbocycles. The molecule has 0 bridgehead atoms. The van der Waals surface area contributed by atoms with E-state index in [9.17, 15) is 9.59 Å². The fraction of sp³-hybridized carbons (Fsp3) is 0.368. The van der Waals surface area contributed by atoms with Crippen LogP contribution in [0.4, 0.5) is 0 Å². The smallest absolute Gasteiger partial charge is 0.341 e. The average molecular weight is 405 g/mol. The fourth-order valence-electron chi connectivity index (χ4n) is 3.17. The van der Waals surface area contributed by atoms with E-state index in [-0.39, 0.29) is 12.7 Å². The van der Waals surface area contributed by atoms with Crippen LogP contribution in [0.15, 0.2) is 18.2 Å². The monoisotopic (exact) mass is 405 g/mol. The number of carbonyl (C=O) groups is 2. The molecule has 4 rings (SSSR count). The molecule has 148 valence electrons. The molecule has 1 N–H and O–H groups in total. The number of morpholine rings is 1. The highest BCUT2D eigenvalue weighted by Gasteiger charge is 2.28. The number of ether oxygens (including phenoxy) is 4. The van der Waals surface area contributed by atoms with Gasteiger partial charge in [0.05, 0.1) is 13.2 Å². The topological polar surface area (TPSA) is 94.5 Å². The molecule has 0 radical (unpaired) electrons. The first-order valence-electron chi connectivity index (χ1n) is 8.79. The van der Waals surface area contributed by atoms with E-state index in [2.05, 4.69) is 0 Å². The van der Waals surface area contributed by atoms with Crippen molar-refractivity contribution in [1.82, 2.24) is 4.90 Å². The van der Waals surface area contributed by atoms with E-state index < -0.39 is 12.6 Å². The molecule has 1 saturated heterocycles. The molecule has 9 heteroatoms. The molecule has 8 nitrogen and oxygen atoms in total. The lowest BCUT2D eigenvalue weighted by molar-refractivity contribution is -0.139. The van der Waals surface area contributed by atoms with Gasteiger partial charge >= 0.3 is 5.97 Å². The highest BCUT2D eigenvalue weighted by molar-refractivity contribution is 7.18. The van der Waals surface area contributed by atoms with Crippen molar-refractivity contribution in [3.8, 4) is 27.7 Å². The van der Waals surface area contributed by atoms with Gasteiger partial charge in [0, 0.05) is 23.5 Å². The minimum atomic E-state index is -1.10. The third-order valence-corrected chi connectivity index (χ3v) is 5.87. The number of rotatable bonds is 5. The van der Waals surface area contributed by atoms with E-state index in [0.29, 0.717) is 48.4 Å². The number of nitrogens with zero attached hydrogens (tertiary/aromatic N) is 1. The Hall–Kier alpha value is -2.78. The van der Waals surface area contributed by atoms with E-state index in [1.807, 2.05) is 25.1 Å². The molecular weight excluding hydrogens is 386 g/mol. The van der Waals surface area contributed by atoms with E-state index in [1.54, 1.807) is 4.90 Å². The summed E-state index contributed by atoms with van der Waals surface area (Å²) in [6.45, 7) is 3.44. The summed E-state index contributed by atoms with van der Waals surface area (Å²) in [5.41, 5.74) is 1.58. The molecule has 1 amide bonds. The Labute approximate surface area is 165 Å². The predicted molar refractivity (Wildman–Crippen MR) is 100 cm³/mol. The van der Waals surface area contributed by atoms with Crippen molar-refractivity contribution in [3.63, 3.8) is 0 Å². The minimum Gasteiger partial charge on any atom is -0.480 e. The van der Waals surface area contributed by atoms with E-state index >= 15 is 0 Å². The Morgan fingerprint density at radius 2 is 1.96 bits per heavy atom. The van der Waals surface area contributed by atoms with Crippen LogP contribution in [0.1, 0.15) is 15.2 Å². The molecule has 1 fully saturated rings. The molecule has 0 atom stereocenters. The quantitative estimate of drug-likeness (QED) is 0.816. The number of amides is 1. The van der Waals surface area contributed by atoms with Crippen LogP contribution in [0.3, 0.4) is 0 Å². The minimum absolute atomic E-state index is 0.177. The molecule has 0 aliphatic carbocycles. The van der Waals surface area contributed by atoms with Crippen LogP contribution in [0.5, 0.6) is 17.2 Å². The largest absolute Gasteiger partial charge is 0.480 e. The molecule has 2 aliphatic rings. The number of thiophene rings is 1. The number of hydrogen-bond donors (Lipinski definition) is 1. The highest BCUT2D eigenvalue weighted by Crippen LogP contribution is 2.44. The number of carboxylic acid groups (broad SMARTS) is 1. The maximum Gasteiger partial charge on any atom is 0.341 e. The number of benzene rings is 1. The fourth-order valence-corrected chi connectivity index (χ4v) is 4.39. The van der Waals surface area contributed by atoms with Crippen molar-refractivity contribution in [3.05, 3.63) is 28.6 Å². The summed E-state index contributed by atoms with van der Waals surface area (Å²) in [6.07, 6.45) is 0. The second-order valence-corrected chi connectivity index (χ2v) is 7.39. The van der Waals surface area contributed by atoms with Crippen molar-refractivity contribution in [2.24, 2.45) is 0 Å². The Kier molecular flexibility index (Phi) is 5.10. The summed E-state index contributed by atoms with van der Waals surface area (Å²) in [6, 6.07) is 5.56. The molecular formula is C19H19NO7S. The zero-order valence-electron chi connectivity index (χ0n) is 15.2. The molecule has 3 heterocycles. The van der Waals surface area contributed by atoms with Crippen molar-refractivity contribution in [2.45, 2.75) is 6.92 Å². The molecule has 2 aromatic rings. The van der Waals surface area contributed by atoms with Crippen LogP contribution in [0, 0.1) is 6.92 Å². The lowest BCUT2D eigenvalue weighted by atomic mass is 10.1.